The third kappa shape index (κ3) is 3.93. The molecule has 1 aromatic carbocycles. The zero-order valence-corrected chi connectivity index (χ0v) is 19.9. The van der Waals surface area contributed by atoms with Crippen LogP contribution < -0.4 is 0 Å². The number of allylic oxidation sites excluding steroid dienone is 1. The summed E-state index contributed by atoms with van der Waals surface area (Å²) in [6.07, 6.45) is 2.27. The van der Waals surface area contributed by atoms with E-state index in [1.807, 2.05) is 42.2 Å². The van der Waals surface area contributed by atoms with E-state index in [9.17, 15) is 9.59 Å². The number of hydrogen-bond donors (Lipinski definition) is 0. The summed E-state index contributed by atoms with van der Waals surface area (Å²) in [5, 5.41) is 6.05. The topological polar surface area (TPSA) is 75.3 Å². The van der Waals surface area contributed by atoms with Gasteiger partial charge in [0.05, 0.1) is 42.7 Å². The van der Waals surface area contributed by atoms with E-state index in [1.165, 1.54) is 14.2 Å². The number of aryl methyl sites for hydroxylation is 3. The van der Waals surface area contributed by atoms with Crippen molar-refractivity contribution < 1.29 is 19.1 Å². The lowest BCUT2D eigenvalue weighted by Crippen LogP contribution is -2.13. The van der Waals surface area contributed by atoms with Crippen molar-refractivity contribution in [1.29, 1.82) is 0 Å². The lowest BCUT2D eigenvalue weighted by molar-refractivity contribution is -0.140. The van der Waals surface area contributed by atoms with Gasteiger partial charge in [0.2, 0.25) is 0 Å². The minimum absolute atomic E-state index is 0.147. The molecule has 32 heavy (non-hydrogen) atoms. The minimum Gasteiger partial charge on any atom is -0.469 e. The number of esters is 2. The van der Waals surface area contributed by atoms with E-state index in [0.29, 0.717) is 30.2 Å². The second kappa shape index (κ2) is 9.61. The number of benzene rings is 1. The molecule has 0 spiro atoms. The molecule has 3 aromatic rings. The average Bonchev–Trinajstić information content (AvgIpc) is 3.25. The largest absolute Gasteiger partial charge is 0.469 e. The minimum atomic E-state index is -0.461. The molecule has 0 fully saturated rings. The van der Waals surface area contributed by atoms with Gasteiger partial charge in [0.1, 0.15) is 5.69 Å². The van der Waals surface area contributed by atoms with E-state index in [-0.39, 0.29) is 12.4 Å². The molecule has 7 nitrogen and oxygen atoms in total. The van der Waals surface area contributed by atoms with Gasteiger partial charge < -0.3 is 14.0 Å². The number of methoxy groups -OCH3 is 2. The maximum Gasteiger partial charge on any atom is 0.354 e. The van der Waals surface area contributed by atoms with Crippen LogP contribution in [-0.2, 0) is 33.8 Å². The predicted molar refractivity (Wildman–Crippen MR) is 125 cm³/mol. The number of ether oxygens (including phenoxy) is 2. The zero-order valence-electron chi connectivity index (χ0n) is 19.1. The highest BCUT2D eigenvalue weighted by atomic mass is 35.5. The standard InChI is InChI=1S/C24H28ClN3O4/c1-7-13-28-21(14(3)15(4)26-28)20-18(25)11-9-16-17(10-12-19(29)31-5)23(24(30)32-6)27(8-2)22(16)20/h7,9,11H,1,8,10,12-13H2,2-6H3. The lowest BCUT2D eigenvalue weighted by Gasteiger charge is -2.14. The Labute approximate surface area is 192 Å². The Hall–Kier alpha value is -3.06. The molecule has 0 atom stereocenters. The van der Waals surface area contributed by atoms with Gasteiger partial charge in [-0.2, -0.15) is 5.10 Å². The Balaban J connectivity index is 2.44. The quantitative estimate of drug-likeness (QED) is 0.356. The molecule has 0 unspecified atom stereocenters. The summed E-state index contributed by atoms with van der Waals surface area (Å²) < 4.78 is 13.7. The van der Waals surface area contributed by atoms with Gasteiger partial charge in [-0.15, -0.1) is 6.58 Å². The van der Waals surface area contributed by atoms with Crippen molar-refractivity contribution in [2.45, 2.75) is 46.7 Å². The van der Waals surface area contributed by atoms with Crippen LogP contribution in [0.5, 0.6) is 0 Å². The van der Waals surface area contributed by atoms with Crippen LogP contribution in [-0.4, -0.2) is 40.5 Å². The molecule has 170 valence electrons. The lowest BCUT2D eigenvalue weighted by atomic mass is 10.00. The summed E-state index contributed by atoms with van der Waals surface area (Å²) in [4.78, 5) is 24.7. The van der Waals surface area contributed by atoms with Crippen molar-refractivity contribution in [2.24, 2.45) is 0 Å². The number of halogens is 1. The molecular formula is C24H28ClN3O4. The summed E-state index contributed by atoms with van der Waals surface area (Å²) in [7, 11) is 2.70. The smallest absolute Gasteiger partial charge is 0.354 e. The number of carbonyl (C=O) groups excluding carboxylic acids is 2. The molecule has 2 heterocycles. The van der Waals surface area contributed by atoms with Gasteiger partial charge in [0.25, 0.3) is 0 Å². The molecule has 0 aliphatic heterocycles. The first-order chi connectivity index (χ1) is 15.3. The van der Waals surface area contributed by atoms with Crippen LogP contribution in [0.3, 0.4) is 0 Å². The van der Waals surface area contributed by atoms with Crippen molar-refractivity contribution in [2.75, 3.05) is 14.2 Å². The Bertz CT molecular complexity index is 1210. The fourth-order valence-corrected chi connectivity index (χ4v) is 4.43. The molecule has 3 rings (SSSR count). The van der Waals surface area contributed by atoms with E-state index in [1.54, 1.807) is 6.08 Å². The molecular weight excluding hydrogens is 430 g/mol. The fraction of sp³-hybridized carbons (Fsp3) is 0.375. The summed E-state index contributed by atoms with van der Waals surface area (Å²) in [5.41, 5.74) is 5.53. The van der Waals surface area contributed by atoms with E-state index >= 15 is 0 Å². The van der Waals surface area contributed by atoms with Gasteiger partial charge in [-0.1, -0.05) is 23.7 Å². The number of hydrogen-bond acceptors (Lipinski definition) is 5. The summed E-state index contributed by atoms with van der Waals surface area (Å²) >= 11 is 6.77. The second-order valence-electron chi connectivity index (χ2n) is 7.49. The van der Waals surface area contributed by atoms with Crippen LogP contribution >= 0.6 is 11.6 Å². The molecule has 0 N–H and O–H groups in total. The van der Waals surface area contributed by atoms with Gasteiger partial charge in [-0.05, 0) is 44.4 Å². The number of aromatic nitrogens is 3. The van der Waals surface area contributed by atoms with Crippen molar-refractivity contribution in [3.05, 3.63) is 52.3 Å². The van der Waals surface area contributed by atoms with Crippen LogP contribution in [0.2, 0.25) is 5.02 Å². The van der Waals surface area contributed by atoms with Gasteiger partial charge in [0.15, 0.2) is 0 Å². The van der Waals surface area contributed by atoms with Crippen LogP contribution in [0.4, 0.5) is 0 Å². The van der Waals surface area contributed by atoms with Gasteiger partial charge in [-0.25, -0.2) is 4.79 Å². The maximum absolute atomic E-state index is 12.8. The fourth-order valence-electron chi connectivity index (χ4n) is 4.19. The highest BCUT2D eigenvalue weighted by Gasteiger charge is 2.28. The van der Waals surface area contributed by atoms with Gasteiger partial charge in [-0.3, -0.25) is 9.48 Å². The summed E-state index contributed by atoms with van der Waals surface area (Å²) in [5.74, 6) is -0.805. The molecule has 8 heteroatoms. The predicted octanol–water partition coefficient (Wildman–Crippen LogP) is 4.87. The van der Waals surface area contributed by atoms with Crippen molar-refractivity contribution in [3.8, 4) is 11.3 Å². The molecule has 0 saturated carbocycles. The first-order valence-electron chi connectivity index (χ1n) is 10.4. The number of fused-ring (bicyclic) bond motifs is 1. The zero-order chi connectivity index (χ0) is 23.6. The van der Waals surface area contributed by atoms with Crippen molar-refractivity contribution in [1.82, 2.24) is 14.3 Å². The molecule has 0 aliphatic carbocycles. The van der Waals surface area contributed by atoms with Crippen LogP contribution in [0.25, 0.3) is 22.2 Å². The van der Waals surface area contributed by atoms with Crippen molar-refractivity contribution >= 4 is 34.4 Å². The Morgan fingerprint density at radius 2 is 1.94 bits per heavy atom. The van der Waals surface area contributed by atoms with E-state index in [0.717, 1.165) is 39.0 Å². The van der Waals surface area contributed by atoms with Gasteiger partial charge >= 0.3 is 11.9 Å². The molecule has 2 aromatic heterocycles. The Kier molecular flexibility index (Phi) is 7.09. The van der Waals surface area contributed by atoms with Crippen LogP contribution in [0.15, 0.2) is 24.8 Å². The molecule has 0 amide bonds. The van der Waals surface area contributed by atoms with E-state index in [2.05, 4.69) is 11.7 Å². The number of rotatable bonds is 8. The van der Waals surface area contributed by atoms with Gasteiger partial charge in [0, 0.05) is 23.9 Å². The molecule has 0 bridgehead atoms. The highest BCUT2D eigenvalue weighted by Crippen LogP contribution is 2.41. The van der Waals surface area contributed by atoms with E-state index in [4.69, 9.17) is 21.1 Å². The molecule has 0 radical (unpaired) electrons. The average molecular weight is 458 g/mol. The third-order valence-corrected chi connectivity index (χ3v) is 6.06. The molecule has 0 aliphatic rings. The van der Waals surface area contributed by atoms with E-state index < -0.39 is 5.97 Å². The Morgan fingerprint density at radius 1 is 1.22 bits per heavy atom. The third-order valence-electron chi connectivity index (χ3n) is 5.75. The maximum atomic E-state index is 12.8. The van der Waals surface area contributed by atoms with Crippen LogP contribution in [0.1, 0.15) is 40.7 Å². The highest BCUT2D eigenvalue weighted by molar-refractivity contribution is 6.35. The first kappa shape index (κ1) is 23.6. The number of nitrogens with zero attached hydrogens (tertiary/aromatic N) is 3. The SMILES string of the molecule is C=CCn1nc(C)c(C)c1-c1c(Cl)ccc2c(CCC(=O)OC)c(C(=O)OC)n(CC)c12. The molecule has 0 saturated heterocycles. The monoisotopic (exact) mass is 457 g/mol. The normalized spacial score (nSPS) is 11.1. The number of carbonyl (C=O) groups is 2. The first-order valence-corrected chi connectivity index (χ1v) is 10.8. The summed E-state index contributed by atoms with van der Waals surface area (Å²) in [6.45, 7) is 10.8. The van der Waals surface area contributed by atoms with Crippen molar-refractivity contribution in [3.63, 3.8) is 0 Å². The Morgan fingerprint density at radius 3 is 2.53 bits per heavy atom. The second-order valence-corrected chi connectivity index (χ2v) is 7.89. The van der Waals surface area contributed by atoms with Crippen LogP contribution in [0, 0.1) is 13.8 Å². The summed E-state index contributed by atoms with van der Waals surface area (Å²) in [6, 6.07) is 3.71.